The second-order valence-electron chi connectivity index (χ2n) is 4.89. The van der Waals surface area contributed by atoms with Crippen LogP contribution in [0.4, 0.5) is 5.69 Å². The number of rotatable bonds is 4. The van der Waals surface area contributed by atoms with E-state index < -0.39 is 10.0 Å². The van der Waals surface area contributed by atoms with E-state index in [9.17, 15) is 8.42 Å². The van der Waals surface area contributed by atoms with E-state index in [0.717, 1.165) is 16.7 Å². The molecule has 6 heteroatoms. The van der Waals surface area contributed by atoms with E-state index in [1.54, 1.807) is 18.2 Å². The predicted octanol–water partition coefficient (Wildman–Crippen LogP) is 3.33. The minimum atomic E-state index is -3.65. The third-order valence-electron chi connectivity index (χ3n) is 3.16. The van der Waals surface area contributed by atoms with Gasteiger partial charge in [0, 0.05) is 11.0 Å². The molecular weight excluding hydrogens is 352 g/mol. The van der Waals surface area contributed by atoms with Crippen LogP contribution >= 0.6 is 15.9 Å². The van der Waals surface area contributed by atoms with Crippen molar-refractivity contribution in [3.05, 3.63) is 57.6 Å². The van der Waals surface area contributed by atoms with Crippen LogP contribution in [0.5, 0.6) is 0 Å². The monoisotopic (exact) mass is 368 g/mol. The number of anilines is 1. The van der Waals surface area contributed by atoms with Crippen molar-refractivity contribution >= 4 is 31.6 Å². The molecule has 2 aromatic carbocycles. The van der Waals surface area contributed by atoms with E-state index in [1.165, 1.54) is 0 Å². The Kier molecular flexibility index (Phi) is 4.70. The first-order valence-corrected chi connectivity index (χ1v) is 8.69. The van der Waals surface area contributed by atoms with Crippen LogP contribution in [0.15, 0.2) is 45.8 Å². The standard InChI is InChI=1S/C15H17BrN2O2S/c1-10-3-4-11(2)14(7-10)18-21(19,20)15-6-5-12(9-17)8-13(15)16/h3-8,18H,9,17H2,1-2H3. The lowest BCUT2D eigenvalue weighted by Crippen LogP contribution is -2.14. The molecule has 0 amide bonds. The second-order valence-corrected chi connectivity index (χ2v) is 7.40. The van der Waals surface area contributed by atoms with E-state index in [1.807, 2.05) is 32.0 Å². The van der Waals surface area contributed by atoms with Gasteiger partial charge in [-0.1, -0.05) is 18.2 Å². The lowest BCUT2D eigenvalue weighted by Gasteiger charge is -2.13. The first-order valence-electron chi connectivity index (χ1n) is 6.42. The Labute approximate surface area is 133 Å². The molecular formula is C15H17BrN2O2S. The minimum absolute atomic E-state index is 0.195. The van der Waals surface area contributed by atoms with Gasteiger partial charge in [0.25, 0.3) is 10.0 Å². The Balaban J connectivity index is 2.41. The summed E-state index contributed by atoms with van der Waals surface area (Å²) < 4.78 is 28.2. The average Bonchev–Trinajstić information content (AvgIpc) is 2.42. The number of halogens is 1. The van der Waals surface area contributed by atoms with Crippen molar-refractivity contribution in [1.29, 1.82) is 0 Å². The number of nitrogens with two attached hydrogens (primary N) is 1. The molecule has 0 saturated heterocycles. The maximum absolute atomic E-state index is 12.5. The maximum atomic E-state index is 12.5. The molecule has 0 fully saturated rings. The Morgan fingerprint density at radius 1 is 1.14 bits per heavy atom. The van der Waals surface area contributed by atoms with Crippen LogP contribution in [0, 0.1) is 13.8 Å². The molecule has 0 radical (unpaired) electrons. The number of hydrogen-bond donors (Lipinski definition) is 2. The van der Waals surface area contributed by atoms with Gasteiger partial charge in [0.05, 0.1) is 5.69 Å². The molecule has 21 heavy (non-hydrogen) atoms. The van der Waals surface area contributed by atoms with Crippen LogP contribution in [-0.4, -0.2) is 8.42 Å². The molecule has 0 aliphatic rings. The molecule has 112 valence electrons. The summed E-state index contributed by atoms with van der Waals surface area (Å²) in [6.07, 6.45) is 0. The quantitative estimate of drug-likeness (QED) is 0.869. The molecule has 2 aromatic rings. The topological polar surface area (TPSA) is 72.2 Å². The first-order chi connectivity index (χ1) is 9.83. The summed E-state index contributed by atoms with van der Waals surface area (Å²) in [4.78, 5) is 0.195. The third-order valence-corrected chi connectivity index (χ3v) is 5.50. The molecule has 2 rings (SSSR count). The summed E-state index contributed by atoms with van der Waals surface area (Å²) in [5.41, 5.74) is 8.88. The lowest BCUT2D eigenvalue weighted by molar-refractivity contribution is 0.600. The number of benzene rings is 2. The van der Waals surface area contributed by atoms with Crippen molar-refractivity contribution < 1.29 is 8.42 Å². The highest BCUT2D eigenvalue weighted by atomic mass is 79.9. The highest BCUT2D eigenvalue weighted by Crippen LogP contribution is 2.26. The highest BCUT2D eigenvalue weighted by molar-refractivity contribution is 9.10. The summed E-state index contributed by atoms with van der Waals surface area (Å²) in [5, 5.41) is 0. The van der Waals surface area contributed by atoms with E-state index in [4.69, 9.17) is 5.73 Å². The van der Waals surface area contributed by atoms with Crippen molar-refractivity contribution in [2.45, 2.75) is 25.3 Å². The van der Waals surface area contributed by atoms with Gasteiger partial charge in [-0.05, 0) is 64.7 Å². The van der Waals surface area contributed by atoms with E-state index in [0.29, 0.717) is 16.7 Å². The maximum Gasteiger partial charge on any atom is 0.263 e. The lowest BCUT2D eigenvalue weighted by atomic mass is 10.1. The minimum Gasteiger partial charge on any atom is -0.326 e. The van der Waals surface area contributed by atoms with Crippen molar-refractivity contribution in [3.63, 3.8) is 0 Å². The summed E-state index contributed by atoms with van der Waals surface area (Å²) in [6, 6.07) is 10.6. The Bertz CT molecular complexity index is 773. The van der Waals surface area contributed by atoms with Gasteiger partial charge in [-0.25, -0.2) is 8.42 Å². The number of aryl methyl sites for hydroxylation is 2. The van der Waals surface area contributed by atoms with E-state index in [-0.39, 0.29) is 4.90 Å². The average molecular weight is 369 g/mol. The largest absolute Gasteiger partial charge is 0.326 e. The van der Waals surface area contributed by atoms with E-state index >= 15 is 0 Å². The van der Waals surface area contributed by atoms with Crippen LogP contribution in [-0.2, 0) is 16.6 Å². The van der Waals surface area contributed by atoms with Gasteiger partial charge in [0.2, 0.25) is 0 Å². The van der Waals surface area contributed by atoms with Gasteiger partial charge in [-0.15, -0.1) is 0 Å². The molecule has 0 spiro atoms. The molecule has 0 heterocycles. The summed E-state index contributed by atoms with van der Waals surface area (Å²) in [5.74, 6) is 0. The van der Waals surface area contributed by atoms with E-state index in [2.05, 4.69) is 20.7 Å². The van der Waals surface area contributed by atoms with Gasteiger partial charge in [0.15, 0.2) is 0 Å². The zero-order valence-electron chi connectivity index (χ0n) is 11.9. The zero-order chi connectivity index (χ0) is 15.6. The predicted molar refractivity (Wildman–Crippen MR) is 88.8 cm³/mol. The summed E-state index contributed by atoms with van der Waals surface area (Å²) >= 11 is 3.30. The summed E-state index contributed by atoms with van der Waals surface area (Å²) in [6.45, 7) is 4.15. The van der Waals surface area contributed by atoms with Crippen LogP contribution in [0.25, 0.3) is 0 Å². The Morgan fingerprint density at radius 2 is 1.86 bits per heavy atom. The fourth-order valence-electron chi connectivity index (χ4n) is 1.93. The van der Waals surface area contributed by atoms with Crippen LogP contribution < -0.4 is 10.5 Å². The first kappa shape index (κ1) is 16.0. The molecule has 0 aromatic heterocycles. The molecule has 0 atom stereocenters. The smallest absolute Gasteiger partial charge is 0.263 e. The highest BCUT2D eigenvalue weighted by Gasteiger charge is 2.18. The van der Waals surface area contributed by atoms with Gasteiger partial charge < -0.3 is 5.73 Å². The van der Waals surface area contributed by atoms with Crippen molar-refractivity contribution in [2.75, 3.05) is 4.72 Å². The number of hydrogen-bond acceptors (Lipinski definition) is 3. The molecule has 0 unspecified atom stereocenters. The van der Waals surface area contributed by atoms with Crippen molar-refractivity contribution in [2.24, 2.45) is 5.73 Å². The Hall–Kier alpha value is -1.37. The molecule has 0 bridgehead atoms. The third kappa shape index (κ3) is 3.64. The fourth-order valence-corrected chi connectivity index (χ4v) is 4.18. The van der Waals surface area contributed by atoms with Gasteiger partial charge in [-0.2, -0.15) is 0 Å². The Morgan fingerprint density at radius 3 is 2.48 bits per heavy atom. The molecule has 0 aliphatic carbocycles. The number of sulfonamides is 1. The molecule has 3 N–H and O–H groups in total. The van der Waals surface area contributed by atoms with Gasteiger partial charge in [0.1, 0.15) is 4.90 Å². The normalized spacial score (nSPS) is 11.4. The summed E-state index contributed by atoms with van der Waals surface area (Å²) in [7, 11) is -3.65. The SMILES string of the molecule is Cc1ccc(C)c(NS(=O)(=O)c2ccc(CN)cc2Br)c1. The fraction of sp³-hybridized carbons (Fsp3) is 0.200. The van der Waals surface area contributed by atoms with Crippen LogP contribution in [0.2, 0.25) is 0 Å². The van der Waals surface area contributed by atoms with Crippen molar-refractivity contribution in [3.8, 4) is 0 Å². The number of nitrogens with one attached hydrogen (secondary N) is 1. The van der Waals surface area contributed by atoms with Crippen molar-refractivity contribution in [1.82, 2.24) is 0 Å². The molecule has 0 saturated carbocycles. The van der Waals surface area contributed by atoms with Crippen LogP contribution in [0.1, 0.15) is 16.7 Å². The molecule has 0 aliphatic heterocycles. The molecule has 4 nitrogen and oxygen atoms in total. The van der Waals surface area contributed by atoms with Gasteiger partial charge >= 0.3 is 0 Å². The van der Waals surface area contributed by atoms with Crippen LogP contribution in [0.3, 0.4) is 0 Å². The van der Waals surface area contributed by atoms with Gasteiger partial charge in [-0.3, -0.25) is 4.72 Å². The zero-order valence-corrected chi connectivity index (χ0v) is 14.3. The second kappa shape index (κ2) is 6.17.